The minimum Gasteiger partial charge on any atom is -0.363 e. The predicted octanol–water partition coefficient (Wildman–Crippen LogP) is 0.942. The Morgan fingerprint density at radius 1 is 1.29 bits per heavy atom. The van der Waals surface area contributed by atoms with Gasteiger partial charge in [-0.25, -0.2) is 10.6 Å². The first-order valence-electron chi connectivity index (χ1n) is 5.12. The third-order valence-electron chi connectivity index (χ3n) is 1.85. The summed E-state index contributed by atoms with van der Waals surface area (Å²) in [6, 6.07) is 2.43. The van der Waals surface area contributed by atoms with Gasteiger partial charge in [-0.05, 0) is 12.1 Å². The van der Waals surface area contributed by atoms with Crippen LogP contribution in [0.25, 0.3) is 0 Å². The molecule has 0 fully saturated rings. The number of hydrazine groups is 1. The van der Waals surface area contributed by atoms with Crippen LogP contribution in [0, 0.1) is 0 Å². The van der Waals surface area contributed by atoms with Gasteiger partial charge in [0.1, 0.15) is 8.24 Å². The number of amides is 3. The van der Waals surface area contributed by atoms with E-state index in [1.807, 2.05) is 19.6 Å². The molecule has 6 nitrogen and oxygen atoms in total. The smallest absolute Gasteiger partial charge is 0.331 e. The third kappa shape index (κ3) is 3.97. The highest BCUT2D eigenvalue weighted by Gasteiger charge is 2.24. The first-order valence-corrected chi connectivity index (χ1v) is 8.62. The molecule has 1 heterocycles. The van der Waals surface area contributed by atoms with Crippen LogP contribution in [0.2, 0.25) is 19.6 Å². The van der Waals surface area contributed by atoms with E-state index in [4.69, 9.17) is 5.84 Å². The van der Waals surface area contributed by atoms with Gasteiger partial charge < -0.3 is 4.98 Å². The van der Waals surface area contributed by atoms with Gasteiger partial charge in [0.15, 0.2) is 0 Å². The second-order valence-electron chi connectivity index (χ2n) is 4.59. The molecule has 7 heteroatoms. The van der Waals surface area contributed by atoms with Crippen molar-refractivity contribution < 1.29 is 9.59 Å². The first kappa shape index (κ1) is 13.3. The number of nitrogens with zero attached hydrogens (tertiary/aromatic N) is 2. The molecule has 1 rings (SSSR count). The molecule has 17 heavy (non-hydrogen) atoms. The summed E-state index contributed by atoms with van der Waals surface area (Å²) in [6.07, 6.45) is 2.94. The summed E-state index contributed by atoms with van der Waals surface area (Å²) in [6.45, 7) is 5.82. The van der Waals surface area contributed by atoms with Crippen LogP contribution in [0.15, 0.2) is 24.5 Å². The van der Waals surface area contributed by atoms with Gasteiger partial charge in [0.25, 0.3) is 5.91 Å². The Hall–Kier alpha value is -1.73. The summed E-state index contributed by atoms with van der Waals surface area (Å²) in [4.78, 5) is 30.0. The highest BCUT2D eigenvalue weighted by atomic mass is 28.3. The van der Waals surface area contributed by atoms with Crippen LogP contribution in [-0.2, 0) is 0 Å². The number of carbonyl (C=O) groups is 2. The fourth-order valence-corrected chi connectivity index (χ4v) is 1.87. The van der Waals surface area contributed by atoms with Crippen LogP contribution in [0.1, 0.15) is 10.4 Å². The van der Waals surface area contributed by atoms with E-state index in [1.54, 1.807) is 0 Å². The predicted molar refractivity (Wildman–Crippen MR) is 66.5 cm³/mol. The Kier molecular flexibility index (Phi) is 3.97. The van der Waals surface area contributed by atoms with Crippen LogP contribution in [0.3, 0.4) is 0 Å². The van der Waals surface area contributed by atoms with E-state index >= 15 is 0 Å². The summed E-state index contributed by atoms with van der Waals surface area (Å²) in [5.41, 5.74) is 0.327. The van der Waals surface area contributed by atoms with Crippen molar-refractivity contribution in [1.82, 2.24) is 15.0 Å². The van der Waals surface area contributed by atoms with Gasteiger partial charge in [0.05, 0.1) is 0 Å². The third-order valence-corrected chi connectivity index (χ3v) is 2.81. The molecule has 3 amide bonds. The lowest BCUT2D eigenvalue weighted by molar-refractivity contribution is 0.0804. The average Bonchev–Trinajstić information content (AvgIpc) is 2.26. The zero-order chi connectivity index (χ0) is 13.1. The SMILES string of the molecule is C[Si](C)(C)NC(=O)N(N)C(=O)c1ccncc1. The summed E-state index contributed by atoms with van der Waals surface area (Å²) in [5, 5.41) is 0.591. The van der Waals surface area contributed by atoms with Crippen LogP contribution >= 0.6 is 0 Å². The van der Waals surface area contributed by atoms with E-state index in [-0.39, 0.29) is 0 Å². The van der Waals surface area contributed by atoms with Crippen LogP contribution < -0.4 is 10.8 Å². The number of pyridine rings is 1. The maximum Gasteiger partial charge on any atom is 0.331 e. The van der Waals surface area contributed by atoms with Crippen molar-refractivity contribution in [2.75, 3.05) is 0 Å². The minimum absolute atomic E-state index is 0.327. The highest BCUT2D eigenvalue weighted by Crippen LogP contribution is 2.02. The molecule has 92 valence electrons. The Labute approximate surface area is 101 Å². The molecule has 1 aromatic heterocycles. The largest absolute Gasteiger partial charge is 0.363 e. The number of nitrogens with one attached hydrogen (secondary N) is 1. The van der Waals surface area contributed by atoms with E-state index in [2.05, 4.69) is 9.97 Å². The molecule has 0 saturated heterocycles. The lowest BCUT2D eigenvalue weighted by Crippen LogP contribution is -2.55. The Morgan fingerprint density at radius 3 is 2.29 bits per heavy atom. The van der Waals surface area contributed by atoms with Crippen LogP contribution in [-0.4, -0.2) is 30.2 Å². The topological polar surface area (TPSA) is 88.3 Å². The quantitative estimate of drug-likeness (QED) is 0.355. The fourth-order valence-electron chi connectivity index (χ4n) is 1.11. The van der Waals surface area contributed by atoms with Gasteiger partial charge in [0, 0.05) is 18.0 Å². The maximum atomic E-state index is 11.8. The number of hydrogen-bond acceptors (Lipinski definition) is 4. The summed E-state index contributed by atoms with van der Waals surface area (Å²) in [7, 11) is -1.82. The Morgan fingerprint density at radius 2 is 1.82 bits per heavy atom. The Bertz CT molecular complexity index is 416. The number of rotatable bonds is 2. The average molecular weight is 252 g/mol. The molecule has 3 N–H and O–H groups in total. The van der Waals surface area contributed by atoms with E-state index in [0.717, 1.165) is 0 Å². The van der Waals surface area contributed by atoms with Crippen molar-refractivity contribution >= 4 is 20.2 Å². The van der Waals surface area contributed by atoms with E-state index in [9.17, 15) is 9.59 Å². The van der Waals surface area contributed by atoms with Gasteiger partial charge in [-0.15, -0.1) is 0 Å². The Balaban J connectivity index is 2.74. The zero-order valence-corrected chi connectivity index (χ0v) is 11.1. The molecule has 0 aliphatic rings. The molecule has 0 atom stereocenters. The van der Waals surface area contributed by atoms with Crippen molar-refractivity contribution in [3.05, 3.63) is 30.1 Å². The van der Waals surface area contributed by atoms with Crippen molar-refractivity contribution in [2.24, 2.45) is 5.84 Å². The lowest BCUT2D eigenvalue weighted by Gasteiger charge is -2.22. The van der Waals surface area contributed by atoms with Crippen molar-refractivity contribution in [3.8, 4) is 0 Å². The minimum atomic E-state index is -1.82. The monoisotopic (exact) mass is 252 g/mol. The number of aromatic nitrogens is 1. The lowest BCUT2D eigenvalue weighted by atomic mass is 10.2. The maximum absolute atomic E-state index is 11.8. The number of carbonyl (C=O) groups excluding carboxylic acids is 2. The molecule has 0 aliphatic carbocycles. The molecule has 0 aromatic carbocycles. The molecule has 0 unspecified atom stereocenters. The second-order valence-corrected chi connectivity index (χ2v) is 9.34. The van der Waals surface area contributed by atoms with E-state index in [1.165, 1.54) is 24.5 Å². The second kappa shape index (κ2) is 5.06. The van der Waals surface area contributed by atoms with Gasteiger partial charge in [-0.3, -0.25) is 9.78 Å². The molecule has 0 saturated carbocycles. The summed E-state index contributed by atoms with van der Waals surface area (Å²) in [5.74, 6) is 4.92. The highest BCUT2D eigenvalue weighted by molar-refractivity contribution is 6.75. The molecule has 0 bridgehead atoms. The summed E-state index contributed by atoms with van der Waals surface area (Å²) < 4.78 is 0. The standard InChI is InChI=1S/C10H16N4O2Si/c1-17(2,3)13-10(16)14(11)9(15)8-4-6-12-7-5-8/h4-7H,11H2,1-3H3,(H,13,16). The van der Waals surface area contributed by atoms with Crippen molar-refractivity contribution in [2.45, 2.75) is 19.6 Å². The van der Waals surface area contributed by atoms with Gasteiger partial charge >= 0.3 is 6.03 Å². The number of urea groups is 1. The molecule has 1 aromatic rings. The van der Waals surface area contributed by atoms with Crippen molar-refractivity contribution in [1.29, 1.82) is 0 Å². The van der Waals surface area contributed by atoms with Gasteiger partial charge in [-0.2, -0.15) is 5.01 Å². The van der Waals surface area contributed by atoms with Crippen LogP contribution in [0.5, 0.6) is 0 Å². The number of nitrogens with two attached hydrogens (primary N) is 1. The number of imide groups is 1. The zero-order valence-electron chi connectivity index (χ0n) is 10.1. The fraction of sp³-hybridized carbons (Fsp3) is 0.300. The normalized spacial score (nSPS) is 10.8. The molecular formula is C10H16N4O2Si. The number of hydrogen-bond donors (Lipinski definition) is 2. The van der Waals surface area contributed by atoms with Gasteiger partial charge in [0.2, 0.25) is 0 Å². The van der Waals surface area contributed by atoms with Crippen LogP contribution in [0.4, 0.5) is 4.79 Å². The molecule has 0 aliphatic heterocycles. The summed E-state index contributed by atoms with van der Waals surface area (Å²) >= 11 is 0. The molecular weight excluding hydrogens is 236 g/mol. The van der Waals surface area contributed by atoms with Crippen molar-refractivity contribution in [3.63, 3.8) is 0 Å². The van der Waals surface area contributed by atoms with Gasteiger partial charge in [-0.1, -0.05) is 19.6 Å². The molecule has 0 spiro atoms. The molecule has 0 radical (unpaired) electrons. The van der Waals surface area contributed by atoms with E-state index in [0.29, 0.717) is 10.6 Å². The van der Waals surface area contributed by atoms with E-state index < -0.39 is 20.2 Å². The first-order chi connectivity index (χ1) is 7.81.